The van der Waals surface area contributed by atoms with Gasteiger partial charge >= 0.3 is 6.03 Å². The second kappa shape index (κ2) is 8.81. The van der Waals surface area contributed by atoms with Crippen LogP contribution in [0.4, 0.5) is 38.0 Å². The lowest BCUT2D eigenvalue weighted by Crippen LogP contribution is -2.19. The number of nitrogens with one attached hydrogen (secondary N) is 4. The molecular formula is C20H21FN6O. The fraction of sp³-hybridized carbons (Fsp3) is 0.150. The number of rotatable bonds is 6. The highest BCUT2D eigenvalue weighted by Crippen LogP contribution is 2.19. The zero-order valence-electron chi connectivity index (χ0n) is 15.6. The number of aryl methyl sites for hydroxylation is 1. The largest absolute Gasteiger partial charge is 0.370 e. The van der Waals surface area contributed by atoms with Gasteiger partial charge in [0.25, 0.3) is 0 Å². The van der Waals surface area contributed by atoms with Crippen LogP contribution in [-0.2, 0) is 0 Å². The van der Waals surface area contributed by atoms with Gasteiger partial charge in [-0.2, -0.15) is 4.98 Å². The molecule has 3 aromatic rings. The predicted octanol–water partition coefficient (Wildman–Crippen LogP) is 4.74. The first kappa shape index (κ1) is 19.1. The minimum atomic E-state index is -0.412. The van der Waals surface area contributed by atoms with Crippen LogP contribution < -0.4 is 21.3 Å². The first-order chi connectivity index (χ1) is 13.5. The molecule has 0 bridgehead atoms. The van der Waals surface area contributed by atoms with Crippen molar-refractivity contribution in [2.75, 3.05) is 27.8 Å². The normalized spacial score (nSPS) is 10.2. The van der Waals surface area contributed by atoms with E-state index in [2.05, 4.69) is 31.2 Å². The molecule has 28 heavy (non-hydrogen) atoms. The molecule has 0 saturated heterocycles. The van der Waals surface area contributed by atoms with Gasteiger partial charge in [0, 0.05) is 35.4 Å². The Morgan fingerprint density at radius 2 is 1.50 bits per heavy atom. The first-order valence-electron chi connectivity index (χ1n) is 8.82. The highest BCUT2D eigenvalue weighted by atomic mass is 19.1. The molecule has 0 saturated carbocycles. The topological polar surface area (TPSA) is 91.0 Å². The number of carbonyl (C=O) groups excluding carboxylic acids is 1. The fourth-order valence-corrected chi connectivity index (χ4v) is 2.49. The fourth-order valence-electron chi connectivity index (χ4n) is 2.49. The number of anilines is 5. The third-order valence-electron chi connectivity index (χ3n) is 3.71. The Kier molecular flexibility index (Phi) is 6.01. The molecule has 0 unspecified atom stereocenters. The van der Waals surface area contributed by atoms with Crippen molar-refractivity contribution in [1.29, 1.82) is 0 Å². The predicted molar refractivity (Wildman–Crippen MR) is 110 cm³/mol. The summed E-state index contributed by atoms with van der Waals surface area (Å²) < 4.78 is 12.9. The van der Waals surface area contributed by atoms with Gasteiger partial charge in [-0.1, -0.05) is 0 Å². The minimum Gasteiger partial charge on any atom is -0.370 e. The maximum Gasteiger partial charge on any atom is 0.323 e. The lowest BCUT2D eigenvalue weighted by atomic mass is 10.3. The summed E-state index contributed by atoms with van der Waals surface area (Å²) >= 11 is 0. The molecule has 0 radical (unpaired) electrons. The number of urea groups is 1. The molecule has 1 aromatic heterocycles. The maximum atomic E-state index is 12.9. The molecule has 2 aromatic carbocycles. The van der Waals surface area contributed by atoms with E-state index < -0.39 is 6.03 Å². The van der Waals surface area contributed by atoms with E-state index in [9.17, 15) is 9.18 Å². The summed E-state index contributed by atoms with van der Waals surface area (Å²) in [6.45, 7) is 4.68. The Labute approximate surface area is 162 Å². The summed E-state index contributed by atoms with van der Waals surface area (Å²) in [7, 11) is 0. The van der Waals surface area contributed by atoms with Crippen molar-refractivity contribution in [1.82, 2.24) is 9.97 Å². The first-order valence-corrected chi connectivity index (χ1v) is 8.82. The summed E-state index contributed by atoms with van der Waals surface area (Å²) in [6.07, 6.45) is 0. The van der Waals surface area contributed by atoms with Crippen molar-refractivity contribution in [3.05, 3.63) is 66.1 Å². The SMILES string of the molecule is CCNc1cc(C)nc(Nc2ccc(NC(=O)Nc3ccc(F)cc3)cc2)n1. The van der Waals surface area contributed by atoms with Crippen LogP contribution in [0.1, 0.15) is 12.6 Å². The van der Waals surface area contributed by atoms with Crippen LogP contribution in [0.2, 0.25) is 0 Å². The van der Waals surface area contributed by atoms with Gasteiger partial charge in [0.15, 0.2) is 0 Å². The van der Waals surface area contributed by atoms with Crippen LogP contribution in [0.5, 0.6) is 0 Å². The van der Waals surface area contributed by atoms with Crippen LogP contribution >= 0.6 is 0 Å². The lowest BCUT2D eigenvalue weighted by molar-refractivity contribution is 0.262. The molecule has 0 spiro atoms. The molecule has 0 atom stereocenters. The van der Waals surface area contributed by atoms with E-state index in [1.807, 2.05) is 32.0 Å². The zero-order valence-corrected chi connectivity index (χ0v) is 15.6. The third-order valence-corrected chi connectivity index (χ3v) is 3.71. The van der Waals surface area contributed by atoms with Crippen LogP contribution in [0.25, 0.3) is 0 Å². The van der Waals surface area contributed by atoms with E-state index in [1.165, 1.54) is 24.3 Å². The van der Waals surface area contributed by atoms with E-state index in [0.717, 1.165) is 23.7 Å². The van der Waals surface area contributed by atoms with Crippen molar-refractivity contribution in [3.8, 4) is 0 Å². The second-order valence-corrected chi connectivity index (χ2v) is 6.04. The van der Waals surface area contributed by atoms with Gasteiger partial charge in [0.2, 0.25) is 5.95 Å². The Hall–Kier alpha value is -3.68. The Balaban J connectivity index is 1.60. The summed E-state index contributed by atoms with van der Waals surface area (Å²) in [5.74, 6) is 0.892. The molecule has 0 fully saturated rings. The van der Waals surface area contributed by atoms with E-state index in [4.69, 9.17) is 0 Å². The standard InChI is InChI=1S/C20H21FN6O/c1-3-22-18-12-13(2)23-19(27-18)24-15-8-10-17(11-9-15)26-20(28)25-16-6-4-14(21)5-7-16/h4-12H,3H2,1-2H3,(H2,25,26,28)(H2,22,23,24,27). The zero-order chi connectivity index (χ0) is 19.9. The summed E-state index contributed by atoms with van der Waals surface area (Å²) in [5, 5.41) is 11.7. The third kappa shape index (κ3) is 5.41. The highest BCUT2D eigenvalue weighted by molar-refractivity contribution is 5.99. The van der Waals surface area contributed by atoms with Gasteiger partial charge < -0.3 is 21.3 Å². The molecule has 0 aliphatic rings. The average Bonchev–Trinajstić information content (AvgIpc) is 2.65. The molecule has 144 valence electrons. The number of hydrogen-bond donors (Lipinski definition) is 4. The van der Waals surface area contributed by atoms with Gasteiger partial charge in [-0.15, -0.1) is 0 Å². The Morgan fingerprint density at radius 3 is 2.11 bits per heavy atom. The van der Waals surface area contributed by atoms with Gasteiger partial charge in [-0.25, -0.2) is 14.2 Å². The number of nitrogens with zero attached hydrogens (tertiary/aromatic N) is 2. The highest BCUT2D eigenvalue weighted by Gasteiger charge is 2.05. The van der Waals surface area contributed by atoms with Gasteiger partial charge in [0.05, 0.1) is 0 Å². The molecule has 2 amide bonds. The monoisotopic (exact) mass is 380 g/mol. The number of hydrogen-bond acceptors (Lipinski definition) is 5. The molecule has 4 N–H and O–H groups in total. The van der Waals surface area contributed by atoms with Crippen molar-refractivity contribution in [3.63, 3.8) is 0 Å². The number of aromatic nitrogens is 2. The second-order valence-electron chi connectivity index (χ2n) is 6.04. The number of benzene rings is 2. The summed E-state index contributed by atoms with van der Waals surface area (Å²) in [4.78, 5) is 20.8. The van der Waals surface area contributed by atoms with E-state index in [1.54, 1.807) is 12.1 Å². The van der Waals surface area contributed by atoms with Crippen LogP contribution in [0.3, 0.4) is 0 Å². The van der Waals surface area contributed by atoms with E-state index in [-0.39, 0.29) is 5.82 Å². The Morgan fingerprint density at radius 1 is 0.929 bits per heavy atom. The van der Waals surface area contributed by atoms with Crippen LogP contribution in [0, 0.1) is 12.7 Å². The molecule has 0 aliphatic heterocycles. The minimum absolute atomic E-state index is 0.357. The molecule has 3 rings (SSSR count). The summed E-state index contributed by atoms with van der Waals surface area (Å²) in [5.41, 5.74) is 2.76. The number of carbonyl (C=O) groups is 1. The van der Waals surface area contributed by atoms with Crippen molar-refractivity contribution < 1.29 is 9.18 Å². The average molecular weight is 380 g/mol. The molecule has 0 aliphatic carbocycles. The molecular weight excluding hydrogens is 359 g/mol. The number of halogens is 1. The van der Waals surface area contributed by atoms with Crippen LogP contribution in [-0.4, -0.2) is 22.5 Å². The van der Waals surface area contributed by atoms with Gasteiger partial charge in [-0.3, -0.25) is 0 Å². The van der Waals surface area contributed by atoms with Crippen molar-refractivity contribution in [2.45, 2.75) is 13.8 Å². The maximum absolute atomic E-state index is 12.9. The van der Waals surface area contributed by atoms with Gasteiger partial charge in [-0.05, 0) is 62.4 Å². The summed E-state index contributed by atoms with van der Waals surface area (Å²) in [6, 6.07) is 14.2. The smallest absolute Gasteiger partial charge is 0.323 e. The van der Waals surface area contributed by atoms with Crippen molar-refractivity contribution >= 4 is 34.9 Å². The van der Waals surface area contributed by atoms with Crippen LogP contribution in [0.15, 0.2) is 54.6 Å². The lowest BCUT2D eigenvalue weighted by Gasteiger charge is -2.10. The van der Waals surface area contributed by atoms with Gasteiger partial charge in [0.1, 0.15) is 11.6 Å². The van der Waals surface area contributed by atoms with E-state index >= 15 is 0 Å². The Bertz CT molecular complexity index is 944. The quantitative estimate of drug-likeness (QED) is 0.496. The van der Waals surface area contributed by atoms with Crippen molar-refractivity contribution in [2.24, 2.45) is 0 Å². The molecule has 1 heterocycles. The molecule has 7 nitrogen and oxygen atoms in total. The molecule has 8 heteroatoms. The number of amides is 2. The van der Waals surface area contributed by atoms with E-state index in [0.29, 0.717) is 17.3 Å².